The minimum absolute atomic E-state index is 0.140. The van der Waals surface area contributed by atoms with Crippen molar-refractivity contribution < 1.29 is 4.79 Å². The molecule has 0 amide bonds. The van der Waals surface area contributed by atoms with Gasteiger partial charge in [-0.1, -0.05) is 11.6 Å². The number of fused-ring (bicyclic) bond motifs is 1. The lowest BCUT2D eigenvalue weighted by atomic mass is 10.1. The van der Waals surface area contributed by atoms with Gasteiger partial charge in [0.25, 0.3) is 0 Å². The van der Waals surface area contributed by atoms with E-state index in [0.29, 0.717) is 6.04 Å². The van der Waals surface area contributed by atoms with Crippen LogP contribution in [0, 0.1) is 6.92 Å². The zero-order chi connectivity index (χ0) is 12.2. The Kier molecular flexibility index (Phi) is 2.30. The summed E-state index contributed by atoms with van der Waals surface area (Å²) in [5, 5.41) is 1.83. The smallest absolute Gasteiger partial charge is 0.176 e. The highest BCUT2D eigenvalue weighted by Gasteiger charge is 2.30. The minimum atomic E-state index is 0.140. The number of aryl methyl sites for hydroxylation is 1. The predicted molar refractivity (Wildman–Crippen MR) is 70.0 cm³/mol. The van der Waals surface area contributed by atoms with Crippen LogP contribution in [0.2, 0.25) is 5.02 Å². The highest BCUT2D eigenvalue weighted by Crippen LogP contribution is 2.41. The van der Waals surface area contributed by atoms with Gasteiger partial charge in [-0.05, 0) is 43.5 Å². The molecule has 0 aliphatic heterocycles. The summed E-state index contributed by atoms with van der Waals surface area (Å²) in [5.74, 6) is 0.140. The SMILES string of the molecule is CC(=O)c1c(C)c2cc(Cl)ccc2n1C1CC1. The van der Waals surface area contributed by atoms with Crippen LogP contribution in [0.5, 0.6) is 0 Å². The van der Waals surface area contributed by atoms with Gasteiger partial charge in [-0.3, -0.25) is 4.79 Å². The van der Waals surface area contributed by atoms with Crippen molar-refractivity contribution in [3.05, 3.63) is 34.5 Å². The van der Waals surface area contributed by atoms with Gasteiger partial charge in [0.2, 0.25) is 0 Å². The number of hydrogen-bond acceptors (Lipinski definition) is 1. The Morgan fingerprint density at radius 2 is 2.12 bits per heavy atom. The average molecular weight is 248 g/mol. The molecule has 3 rings (SSSR count). The molecule has 0 saturated heterocycles. The largest absolute Gasteiger partial charge is 0.335 e. The fourth-order valence-corrected chi connectivity index (χ4v) is 2.77. The maximum absolute atomic E-state index is 11.8. The highest BCUT2D eigenvalue weighted by atomic mass is 35.5. The maximum atomic E-state index is 11.8. The van der Waals surface area contributed by atoms with Crippen molar-refractivity contribution in [2.75, 3.05) is 0 Å². The van der Waals surface area contributed by atoms with E-state index in [-0.39, 0.29) is 5.78 Å². The van der Waals surface area contributed by atoms with Gasteiger partial charge < -0.3 is 4.57 Å². The van der Waals surface area contributed by atoms with E-state index in [0.717, 1.165) is 27.2 Å². The number of benzene rings is 1. The van der Waals surface area contributed by atoms with E-state index in [1.807, 2.05) is 25.1 Å². The quantitative estimate of drug-likeness (QED) is 0.731. The molecular weight excluding hydrogens is 234 g/mol. The Bertz CT molecular complexity index is 623. The number of rotatable bonds is 2. The first-order chi connectivity index (χ1) is 8.09. The first kappa shape index (κ1) is 10.8. The molecule has 0 bridgehead atoms. The molecule has 1 aromatic heterocycles. The lowest BCUT2D eigenvalue weighted by Gasteiger charge is -2.07. The van der Waals surface area contributed by atoms with Crippen LogP contribution >= 0.6 is 11.6 Å². The Morgan fingerprint density at radius 1 is 1.41 bits per heavy atom. The molecule has 17 heavy (non-hydrogen) atoms. The molecule has 1 heterocycles. The zero-order valence-electron chi connectivity index (χ0n) is 9.96. The molecule has 0 unspecified atom stereocenters. The fraction of sp³-hybridized carbons (Fsp3) is 0.357. The van der Waals surface area contributed by atoms with Crippen LogP contribution < -0.4 is 0 Å². The third kappa shape index (κ3) is 1.59. The number of carbonyl (C=O) groups excluding carboxylic acids is 1. The van der Waals surface area contributed by atoms with Gasteiger partial charge in [-0.2, -0.15) is 0 Å². The molecule has 0 radical (unpaired) electrons. The number of aromatic nitrogens is 1. The number of Topliss-reactive ketones (excluding diaryl/α,β-unsaturated/α-hetero) is 1. The van der Waals surface area contributed by atoms with Crippen molar-refractivity contribution in [1.82, 2.24) is 4.57 Å². The standard InChI is InChI=1S/C14H14ClNO/c1-8-12-7-10(15)3-6-13(12)16(11-4-5-11)14(8)9(2)17/h3,6-7,11H,4-5H2,1-2H3. The summed E-state index contributed by atoms with van der Waals surface area (Å²) in [6.07, 6.45) is 2.35. The Morgan fingerprint density at radius 3 is 2.71 bits per heavy atom. The van der Waals surface area contributed by atoms with Crippen LogP contribution in [0.1, 0.15) is 41.9 Å². The van der Waals surface area contributed by atoms with Gasteiger partial charge in [0.15, 0.2) is 5.78 Å². The van der Waals surface area contributed by atoms with Crippen molar-refractivity contribution in [3.63, 3.8) is 0 Å². The molecule has 1 aromatic carbocycles. The summed E-state index contributed by atoms with van der Waals surface area (Å²) >= 11 is 6.03. The van der Waals surface area contributed by atoms with Gasteiger partial charge >= 0.3 is 0 Å². The summed E-state index contributed by atoms with van der Waals surface area (Å²) in [6, 6.07) is 6.38. The third-order valence-corrected chi connectivity index (χ3v) is 3.70. The molecule has 0 N–H and O–H groups in total. The van der Waals surface area contributed by atoms with E-state index in [1.165, 1.54) is 12.8 Å². The van der Waals surface area contributed by atoms with Crippen molar-refractivity contribution >= 4 is 28.3 Å². The molecule has 0 atom stereocenters. The van der Waals surface area contributed by atoms with E-state index in [2.05, 4.69) is 4.57 Å². The molecule has 1 saturated carbocycles. The number of hydrogen-bond donors (Lipinski definition) is 0. The Balaban J connectivity index is 2.40. The summed E-state index contributed by atoms with van der Waals surface area (Å²) in [6.45, 7) is 3.65. The maximum Gasteiger partial charge on any atom is 0.176 e. The molecule has 2 aromatic rings. The number of nitrogens with zero attached hydrogens (tertiary/aromatic N) is 1. The van der Waals surface area contributed by atoms with Crippen molar-refractivity contribution in [3.8, 4) is 0 Å². The lowest BCUT2D eigenvalue weighted by molar-refractivity contribution is 0.100. The van der Waals surface area contributed by atoms with Crippen LogP contribution in [0.3, 0.4) is 0 Å². The molecular formula is C14H14ClNO. The molecule has 0 spiro atoms. The average Bonchev–Trinajstić information content (AvgIpc) is 3.05. The van der Waals surface area contributed by atoms with Gasteiger partial charge in [0.1, 0.15) is 0 Å². The van der Waals surface area contributed by atoms with Crippen LogP contribution in [0.25, 0.3) is 10.9 Å². The van der Waals surface area contributed by atoms with Gasteiger partial charge in [0.05, 0.1) is 5.69 Å². The topological polar surface area (TPSA) is 22.0 Å². The monoisotopic (exact) mass is 247 g/mol. The molecule has 1 fully saturated rings. The van der Waals surface area contributed by atoms with E-state index < -0.39 is 0 Å². The summed E-state index contributed by atoms with van der Waals surface area (Å²) in [7, 11) is 0. The predicted octanol–water partition coefficient (Wildman–Crippen LogP) is 4.14. The molecule has 88 valence electrons. The second kappa shape index (κ2) is 3.61. The first-order valence-electron chi connectivity index (χ1n) is 5.90. The second-order valence-corrected chi connectivity index (χ2v) is 5.23. The van der Waals surface area contributed by atoms with Crippen LogP contribution in [-0.4, -0.2) is 10.4 Å². The van der Waals surface area contributed by atoms with Gasteiger partial charge in [-0.25, -0.2) is 0 Å². The zero-order valence-corrected chi connectivity index (χ0v) is 10.7. The van der Waals surface area contributed by atoms with E-state index in [1.54, 1.807) is 6.92 Å². The van der Waals surface area contributed by atoms with E-state index >= 15 is 0 Å². The van der Waals surface area contributed by atoms with Crippen LogP contribution in [-0.2, 0) is 0 Å². The highest BCUT2D eigenvalue weighted by molar-refractivity contribution is 6.31. The van der Waals surface area contributed by atoms with Gasteiger partial charge in [-0.15, -0.1) is 0 Å². The number of carbonyl (C=O) groups is 1. The van der Waals surface area contributed by atoms with Crippen molar-refractivity contribution in [1.29, 1.82) is 0 Å². The molecule has 1 aliphatic carbocycles. The molecule has 2 nitrogen and oxygen atoms in total. The summed E-state index contributed by atoms with van der Waals surface area (Å²) < 4.78 is 2.20. The normalized spacial score (nSPS) is 15.5. The minimum Gasteiger partial charge on any atom is -0.335 e. The lowest BCUT2D eigenvalue weighted by Crippen LogP contribution is -2.05. The third-order valence-electron chi connectivity index (χ3n) is 3.46. The number of ketones is 1. The number of halogens is 1. The van der Waals surface area contributed by atoms with Crippen molar-refractivity contribution in [2.24, 2.45) is 0 Å². The van der Waals surface area contributed by atoms with Gasteiger partial charge in [0, 0.05) is 28.9 Å². The van der Waals surface area contributed by atoms with Crippen LogP contribution in [0.4, 0.5) is 0 Å². The molecule has 1 aliphatic rings. The molecule has 3 heteroatoms. The van der Waals surface area contributed by atoms with E-state index in [4.69, 9.17) is 11.6 Å². The summed E-state index contributed by atoms with van der Waals surface area (Å²) in [4.78, 5) is 11.8. The summed E-state index contributed by atoms with van der Waals surface area (Å²) in [5.41, 5.74) is 3.05. The van der Waals surface area contributed by atoms with Crippen LogP contribution in [0.15, 0.2) is 18.2 Å². The Hall–Kier alpha value is -1.28. The fourth-order valence-electron chi connectivity index (χ4n) is 2.59. The first-order valence-corrected chi connectivity index (χ1v) is 6.28. The van der Waals surface area contributed by atoms with E-state index in [9.17, 15) is 4.79 Å². The Labute approximate surface area is 105 Å². The second-order valence-electron chi connectivity index (χ2n) is 4.79. The van der Waals surface area contributed by atoms with Crippen molar-refractivity contribution in [2.45, 2.75) is 32.7 Å².